The Labute approximate surface area is 145 Å². The fourth-order valence-corrected chi connectivity index (χ4v) is 1.31. The lowest BCUT2D eigenvalue weighted by Gasteiger charge is -2.26. The number of hydrogen-bond donors (Lipinski definition) is 0. The first kappa shape index (κ1) is 25.0. The molecule has 27 heavy (non-hydrogen) atoms. The molecule has 4 nitrogen and oxygen atoms in total. The Hall–Kier alpha value is -2.02. The van der Waals surface area contributed by atoms with Gasteiger partial charge in [-0.15, -0.1) is 0 Å². The van der Waals surface area contributed by atoms with Gasteiger partial charge in [-0.3, -0.25) is 0 Å². The average molecular weight is 422 g/mol. The quantitative estimate of drug-likeness (QED) is 0.366. The minimum atomic E-state index is -6.05. The monoisotopic (exact) mass is 422 g/mol. The Morgan fingerprint density at radius 3 is 1.41 bits per heavy atom. The Morgan fingerprint density at radius 1 is 0.741 bits per heavy atom. The van der Waals surface area contributed by atoms with E-state index in [0.717, 1.165) is 0 Å². The molecule has 0 N–H and O–H groups in total. The van der Waals surface area contributed by atoms with E-state index in [1.807, 2.05) is 0 Å². The van der Waals surface area contributed by atoms with E-state index in [-0.39, 0.29) is 19.9 Å². The summed E-state index contributed by atoms with van der Waals surface area (Å²) in [7, 11) is 0. The van der Waals surface area contributed by atoms with Gasteiger partial charge >= 0.3 is 36.1 Å². The van der Waals surface area contributed by atoms with Crippen molar-refractivity contribution in [2.75, 3.05) is 0 Å². The van der Waals surface area contributed by atoms with Crippen LogP contribution in [-0.2, 0) is 19.1 Å². The molecule has 0 bridgehead atoms. The molecule has 2 unspecified atom stereocenters. The number of hydrogen-bond acceptors (Lipinski definition) is 4. The van der Waals surface area contributed by atoms with E-state index in [0.29, 0.717) is 6.92 Å². The van der Waals surface area contributed by atoms with Crippen molar-refractivity contribution in [2.45, 2.75) is 57.2 Å². The zero-order valence-corrected chi connectivity index (χ0v) is 13.6. The summed E-state index contributed by atoms with van der Waals surface area (Å²) >= 11 is 0. The van der Waals surface area contributed by atoms with Crippen LogP contribution in [0, 0.1) is 0 Å². The second kappa shape index (κ2) is 7.92. The van der Waals surface area contributed by atoms with E-state index in [1.54, 1.807) is 0 Å². The molecule has 0 amide bonds. The second-order valence-corrected chi connectivity index (χ2v) is 5.20. The molecule has 0 saturated heterocycles. The second-order valence-electron chi connectivity index (χ2n) is 5.20. The molecular formula is C13H12F10O4. The van der Waals surface area contributed by atoms with Gasteiger partial charge < -0.3 is 9.47 Å². The average Bonchev–Trinajstić information content (AvgIpc) is 2.43. The molecular weight excluding hydrogens is 410 g/mol. The van der Waals surface area contributed by atoms with E-state index < -0.39 is 53.9 Å². The van der Waals surface area contributed by atoms with Crippen molar-refractivity contribution in [1.82, 2.24) is 0 Å². The molecule has 0 aromatic carbocycles. The van der Waals surface area contributed by atoms with E-state index >= 15 is 0 Å². The predicted molar refractivity (Wildman–Crippen MR) is 66.9 cm³/mol. The largest absolute Gasteiger partial charge is 0.457 e. The number of ether oxygens (including phenoxy) is 2. The van der Waals surface area contributed by atoms with Crippen LogP contribution in [0.25, 0.3) is 0 Å². The fourth-order valence-electron chi connectivity index (χ4n) is 1.31. The SMILES string of the molecule is C/C(=C\C(=O)OC(C)C(F)(F)C(F)(F)F)C(=O)OC(C)C(F)(F)C(F)(F)F. The highest BCUT2D eigenvalue weighted by Crippen LogP contribution is 2.40. The Bertz CT molecular complexity index is 591. The zero-order valence-electron chi connectivity index (χ0n) is 13.6. The van der Waals surface area contributed by atoms with Crippen LogP contribution in [-0.4, -0.2) is 48.3 Å². The van der Waals surface area contributed by atoms with Gasteiger partial charge in [0.25, 0.3) is 0 Å². The van der Waals surface area contributed by atoms with Crippen molar-refractivity contribution in [1.29, 1.82) is 0 Å². The van der Waals surface area contributed by atoms with Crippen molar-refractivity contribution in [3.05, 3.63) is 11.6 Å². The van der Waals surface area contributed by atoms with Crippen molar-refractivity contribution in [2.24, 2.45) is 0 Å². The fraction of sp³-hybridized carbons (Fsp3) is 0.692. The summed E-state index contributed by atoms with van der Waals surface area (Å²) in [6.45, 7) is 1.04. The Balaban J connectivity index is 5.09. The number of alkyl halides is 10. The van der Waals surface area contributed by atoms with Crippen molar-refractivity contribution in [3.63, 3.8) is 0 Å². The zero-order chi connectivity index (χ0) is 22.0. The first-order valence-corrected chi connectivity index (χ1v) is 6.74. The minimum Gasteiger partial charge on any atom is -0.453 e. The first-order chi connectivity index (χ1) is 11.7. The molecule has 0 saturated carbocycles. The smallest absolute Gasteiger partial charge is 0.453 e. The van der Waals surface area contributed by atoms with Gasteiger partial charge in [-0.1, -0.05) is 0 Å². The standard InChI is InChI=1S/C13H12F10O4/c1-5(9(25)27-7(3)11(16,17)13(21,22)23)4-8(24)26-6(2)10(14,15)12(18,19)20/h4,6-7H,1-3H3/b5-4+. The van der Waals surface area contributed by atoms with Gasteiger partial charge in [0.15, 0.2) is 12.2 Å². The third-order valence-electron chi connectivity index (χ3n) is 3.01. The molecule has 158 valence electrons. The van der Waals surface area contributed by atoms with Gasteiger partial charge in [-0.05, 0) is 20.8 Å². The van der Waals surface area contributed by atoms with Crippen LogP contribution in [0.1, 0.15) is 20.8 Å². The van der Waals surface area contributed by atoms with Crippen LogP contribution >= 0.6 is 0 Å². The normalized spacial score (nSPS) is 16.6. The molecule has 0 aromatic rings. The van der Waals surface area contributed by atoms with Crippen LogP contribution in [0.15, 0.2) is 11.6 Å². The number of rotatable bonds is 6. The maximum atomic E-state index is 12.9. The number of halogens is 10. The highest BCUT2D eigenvalue weighted by molar-refractivity contribution is 5.96. The molecule has 0 aliphatic carbocycles. The molecule has 0 aliphatic heterocycles. The number of carbonyl (C=O) groups excluding carboxylic acids is 2. The van der Waals surface area contributed by atoms with Gasteiger partial charge in [0.05, 0.1) is 0 Å². The molecule has 0 radical (unpaired) electrons. The highest BCUT2D eigenvalue weighted by Gasteiger charge is 2.63. The number of carbonyl (C=O) groups is 2. The van der Waals surface area contributed by atoms with Crippen LogP contribution < -0.4 is 0 Å². The van der Waals surface area contributed by atoms with E-state index in [4.69, 9.17) is 0 Å². The summed E-state index contributed by atoms with van der Waals surface area (Å²) in [5, 5.41) is 0. The summed E-state index contributed by atoms with van der Waals surface area (Å²) in [5.41, 5.74) is -0.979. The molecule has 0 heterocycles. The summed E-state index contributed by atoms with van der Waals surface area (Å²) in [4.78, 5) is 22.6. The maximum absolute atomic E-state index is 12.9. The number of esters is 2. The third kappa shape index (κ3) is 5.99. The molecule has 0 spiro atoms. The van der Waals surface area contributed by atoms with Crippen LogP contribution in [0.3, 0.4) is 0 Å². The lowest BCUT2D eigenvalue weighted by molar-refractivity contribution is -0.311. The van der Waals surface area contributed by atoms with Gasteiger partial charge in [-0.2, -0.15) is 43.9 Å². The minimum absolute atomic E-state index is 0.00371. The van der Waals surface area contributed by atoms with Crippen LogP contribution in [0.2, 0.25) is 0 Å². The maximum Gasteiger partial charge on any atom is 0.457 e. The van der Waals surface area contributed by atoms with Crippen molar-refractivity contribution >= 4 is 11.9 Å². The highest BCUT2D eigenvalue weighted by atomic mass is 19.4. The van der Waals surface area contributed by atoms with Gasteiger partial charge in [0, 0.05) is 11.6 Å². The van der Waals surface area contributed by atoms with Gasteiger partial charge in [-0.25, -0.2) is 9.59 Å². The summed E-state index contributed by atoms with van der Waals surface area (Å²) in [6.07, 6.45) is -18.1. The van der Waals surface area contributed by atoms with E-state index in [2.05, 4.69) is 9.47 Å². The summed E-state index contributed by atoms with van der Waals surface area (Å²) < 4.78 is 132. The Morgan fingerprint density at radius 2 is 1.07 bits per heavy atom. The molecule has 0 aliphatic rings. The lowest BCUT2D eigenvalue weighted by atomic mass is 10.2. The Kier molecular flexibility index (Phi) is 7.33. The van der Waals surface area contributed by atoms with Crippen LogP contribution in [0.4, 0.5) is 43.9 Å². The van der Waals surface area contributed by atoms with Gasteiger partial charge in [0.1, 0.15) is 0 Å². The molecule has 0 aromatic heterocycles. The molecule has 14 heteroatoms. The molecule has 0 fully saturated rings. The lowest BCUT2D eigenvalue weighted by Crippen LogP contribution is -2.47. The molecule has 0 rings (SSSR count). The molecule has 2 atom stereocenters. The van der Waals surface area contributed by atoms with Gasteiger partial charge in [0.2, 0.25) is 0 Å². The first-order valence-electron chi connectivity index (χ1n) is 6.74. The van der Waals surface area contributed by atoms with E-state index in [9.17, 15) is 53.5 Å². The third-order valence-corrected chi connectivity index (χ3v) is 3.01. The summed E-state index contributed by atoms with van der Waals surface area (Å²) in [6, 6.07) is 0. The topological polar surface area (TPSA) is 52.6 Å². The predicted octanol–water partition coefficient (Wildman–Crippen LogP) is 4.19. The van der Waals surface area contributed by atoms with Crippen molar-refractivity contribution in [3.8, 4) is 0 Å². The van der Waals surface area contributed by atoms with Crippen LogP contribution in [0.5, 0.6) is 0 Å². The van der Waals surface area contributed by atoms with Crippen molar-refractivity contribution < 1.29 is 63.0 Å². The summed E-state index contributed by atoms with van der Waals surface area (Å²) in [5.74, 6) is -14.7. The van der Waals surface area contributed by atoms with E-state index in [1.165, 1.54) is 0 Å².